The minimum absolute atomic E-state index is 0.172. The van der Waals surface area contributed by atoms with E-state index >= 15 is 0 Å². The van der Waals surface area contributed by atoms with Gasteiger partial charge in [-0.1, -0.05) is 42.5 Å². The van der Waals surface area contributed by atoms with Gasteiger partial charge in [-0.3, -0.25) is 4.79 Å². The minimum atomic E-state index is -0.408. The number of thiophene rings is 1. The summed E-state index contributed by atoms with van der Waals surface area (Å²) in [6.07, 6.45) is 1.85. The summed E-state index contributed by atoms with van der Waals surface area (Å²) in [5.41, 5.74) is 3.80. The number of benzene rings is 3. The lowest BCUT2D eigenvalue weighted by molar-refractivity contribution is -0.120. The number of hydrazone groups is 1. The van der Waals surface area contributed by atoms with Gasteiger partial charge >= 0.3 is 5.97 Å². The number of carbonyl (C=O) groups is 2. The van der Waals surface area contributed by atoms with Crippen molar-refractivity contribution in [2.75, 3.05) is 0 Å². The van der Waals surface area contributed by atoms with E-state index < -0.39 is 5.97 Å². The van der Waals surface area contributed by atoms with Gasteiger partial charge in [0.1, 0.15) is 5.75 Å². The molecule has 0 spiro atoms. The molecule has 0 radical (unpaired) electrons. The van der Waals surface area contributed by atoms with Gasteiger partial charge in [-0.05, 0) is 58.1 Å². The number of hydrogen-bond acceptors (Lipinski definition) is 5. The van der Waals surface area contributed by atoms with Crippen LogP contribution in [0.3, 0.4) is 0 Å². The molecule has 5 nitrogen and oxygen atoms in total. The Balaban J connectivity index is 1.36. The Labute approximate surface area is 177 Å². The number of rotatable bonds is 6. The lowest BCUT2D eigenvalue weighted by Crippen LogP contribution is -2.19. The Morgan fingerprint density at radius 3 is 2.53 bits per heavy atom. The van der Waals surface area contributed by atoms with Crippen LogP contribution in [0.25, 0.3) is 10.8 Å². The molecule has 1 heterocycles. The fourth-order valence-electron chi connectivity index (χ4n) is 2.98. The third-order valence-electron chi connectivity index (χ3n) is 4.42. The van der Waals surface area contributed by atoms with Gasteiger partial charge in [-0.25, -0.2) is 10.2 Å². The van der Waals surface area contributed by atoms with Crippen molar-refractivity contribution >= 4 is 40.2 Å². The van der Waals surface area contributed by atoms with Crippen LogP contribution in [0, 0.1) is 0 Å². The summed E-state index contributed by atoms with van der Waals surface area (Å²) >= 11 is 1.53. The second-order valence-corrected chi connectivity index (χ2v) is 7.57. The van der Waals surface area contributed by atoms with Crippen molar-refractivity contribution in [1.29, 1.82) is 0 Å². The minimum Gasteiger partial charge on any atom is -0.423 e. The topological polar surface area (TPSA) is 67.8 Å². The molecule has 0 atom stereocenters. The Morgan fingerprint density at radius 2 is 1.73 bits per heavy atom. The number of amides is 1. The first-order valence-electron chi connectivity index (χ1n) is 9.33. The predicted octanol–water partition coefficient (Wildman–Crippen LogP) is 4.81. The van der Waals surface area contributed by atoms with Gasteiger partial charge < -0.3 is 4.74 Å². The number of fused-ring (bicyclic) bond motifs is 1. The molecular weight excluding hydrogens is 396 g/mol. The number of nitrogens with zero attached hydrogens (tertiary/aromatic N) is 1. The first-order valence-corrected chi connectivity index (χ1v) is 10.2. The van der Waals surface area contributed by atoms with E-state index in [1.54, 1.807) is 36.5 Å². The van der Waals surface area contributed by atoms with Crippen molar-refractivity contribution in [1.82, 2.24) is 5.43 Å². The highest BCUT2D eigenvalue weighted by Crippen LogP contribution is 2.21. The molecule has 6 heteroatoms. The molecule has 1 amide bonds. The van der Waals surface area contributed by atoms with Crippen molar-refractivity contribution in [2.24, 2.45) is 5.10 Å². The molecule has 0 aliphatic carbocycles. The molecule has 1 aromatic heterocycles. The molecule has 4 aromatic rings. The van der Waals surface area contributed by atoms with Gasteiger partial charge in [0.2, 0.25) is 5.91 Å². The van der Waals surface area contributed by atoms with E-state index in [1.807, 2.05) is 53.9 Å². The average molecular weight is 414 g/mol. The van der Waals surface area contributed by atoms with Crippen LogP contribution in [0.15, 0.2) is 89.3 Å². The van der Waals surface area contributed by atoms with E-state index in [9.17, 15) is 9.59 Å². The number of ether oxygens (including phenoxy) is 1. The van der Waals surface area contributed by atoms with E-state index in [0.29, 0.717) is 17.7 Å². The molecule has 3 aromatic carbocycles. The number of carbonyl (C=O) groups excluding carboxylic acids is 2. The summed E-state index contributed by atoms with van der Waals surface area (Å²) in [6, 6.07) is 24.0. The number of hydrogen-bond donors (Lipinski definition) is 1. The second kappa shape index (κ2) is 9.15. The van der Waals surface area contributed by atoms with Crippen molar-refractivity contribution < 1.29 is 14.3 Å². The molecule has 0 aliphatic rings. The molecule has 0 unspecified atom stereocenters. The fourth-order valence-corrected chi connectivity index (χ4v) is 3.68. The normalized spacial score (nSPS) is 10.9. The zero-order valence-electron chi connectivity index (χ0n) is 15.9. The molecule has 0 bridgehead atoms. The van der Waals surface area contributed by atoms with E-state index in [4.69, 9.17) is 4.74 Å². The molecule has 0 saturated heterocycles. The van der Waals surface area contributed by atoms with Crippen molar-refractivity contribution in [2.45, 2.75) is 6.42 Å². The highest BCUT2D eigenvalue weighted by molar-refractivity contribution is 7.10. The van der Waals surface area contributed by atoms with E-state index in [0.717, 1.165) is 21.2 Å². The molecular formula is C24H18N2O3S. The van der Waals surface area contributed by atoms with Gasteiger partial charge in [-0.15, -0.1) is 11.3 Å². The molecule has 0 fully saturated rings. The molecule has 148 valence electrons. The average Bonchev–Trinajstić information content (AvgIpc) is 3.27. The quantitative estimate of drug-likeness (QED) is 0.213. The van der Waals surface area contributed by atoms with Crippen LogP contribution in [0.2, 0.25) is 0 Å². The fraction of sp³-hybridized carbons (Fsp3) is 0.0417. The maximum atomic E-state index is 12.6. The monoisotopic (exact) mass is 414 g/mol. The van der Waals surface area contributed by atoms with Gasteiger partial charge in [0, 0.05) is 4.88 Å². The second-order valence-electron chi connectivity index (χ2n) is 6.53. The molecule has 30 heavy (non-hydrogen) atoms. The largest absolute Gasteiger partial charge is 0.423 e. The van der Waals surface area contributed by atoms with Gasteiger partial charge in [0.25, 0.3) is 0 Å². The zero-order chi connectivity index (χ0) is 20.8. The van der Waals surface area contributed by atoms with Crippen LogP contribution >= 0.6 is 11.3 Å². The smallest absolute Gasteiger partial charge is 0.344 e. The van der Waals surface area contributed by atoms with Crippen LogP contribution in [-0.4, -0.2) is 18.1 Å². The van der Waals surface area contributed by atoms with Crippen molar-refractivity contribution in [3.63, 3.8) is 0 Å². The first kappa shape index (κ1) is 19.5. The van der Waals surface area contributed by atoms with Crippen LogP contribution < -0.4 is 10.2 Å². The predicted molar refractivity (Wildman–Crippen MR) is 119 cm³/mol. The molecule has 0 aliphatic heterocycles. The van der Waals surface area contributed by atoms with Crippen LogP contribution in [-0.2, 0) is 11.2 Å². The Morgan fingerprint density at radius 1 is 0.933 bits per heavy atom. The molecule has 4 rings (SSSR count). The van der Waals surface area contributed by atoms with Gasteiger partial charge in [0.05, 0.1) is 18.2 Å². The van der Waals surface area contributed by atoms with Crippen molar-refractivity contribution in [3.8, 4) is 5.75 Å². The van der Waals surface area contributed by atoms with Crippen LogP contribution in [0.5, 0.6) is 5.75 Å². The van der Waals surface area contributed by atoms with E-state index in [2.05, 4.69) is 10.5 Å². The van der Waals surface area contributed by atoms with Crippen LogP contribution in [0.4, 0.5) is 0 Å². The number of nitrogens with one attached hydrogen (secondary N) is 1. The van der Waals surface area contributed by atoms with Gasteiger partial charge in [-0.2, -0.15) is 5.10 Å². The lowest BCUT2D eigenvalue weighted by atomic mass is 10.0. The molecule has 0 saturated carbocycles. The number of esters is 1. The molecule has 1 N–H and O–H groups in total. The maximum Gasteiger partial charge on any atom is 0.344 e. The van der Waals surface area contributed by atoms with E-state index in [1.165, 1.54) is 11.3 Å². The summed E-state index contributed by atoms with van der Waals surface area (Å²) in [7, 11) is 0. The highest BCUT2D eigenvalue weighted by Gasteiger charge is 2.12. The highest BCUT2D eigenvalue weighted by atomic mass is 32.1. The lowest BCUT2D eigenvalue weighted by Gasteiger charge is -2.07. The standard InChI is InChI=1S/C24H18N2O3S/c27-23(15-20-7-4-14-30-20)26-25-16-17-10-12-19(13-11-17)29-24(28)22-9-3-6-18-5-1-2-8-21(18)22/h1-14,16H,15H2,(H,26,27). The Hall–Kier alpha value is -3.77. The summed E-state index contributed by atoms with van der Waals surface area (Å²) in [4.78, 5) is 25.4. The third-order valence-corrected chi connectivity index (χ3v) is 5.29. The SMILES string of the molecule is O=C(Cc1cccs1)NN=Cc1ccc(OC(=O)c2cccc3ccccc23)cc1. The zero-order valence-corrected chi connectivity index (χ0v) is 16.8. The van der Waals surface area contributed by atoms with E-state index in [-0.39, 0.29) is 5.91 Å². The summed E-state index contributed by atoms with van der Waals surface area (Å²) < 4.78 is 5.51. The Bertz CT molecular complexity index is 1190. The van der Waals surface area contributed by atoms with Crippen LogP contribution in [0.1, 0.15) is 20.8 Å². The summed E-state index contributed by atoms with van der Waals surface area (Å²) in [5.74, 6) is -0.143. The summed E-state index contributed by atoms with van der Waals surface area (Å²) in [5, 5.41) is 7.74. The van der Waals surface area contributed by atoms with Crippen molar-refractivity contribution in [3.05, 3.63) is 100 Å². The maximum absolute atomic E-state index is 12.6. The summed E-state index contributed by atoms with van der Waals surface area (Å²) in [6.45, 7) is 0. The first-order chi connectivity index (χ1) is 14.7. The third kappa shape index (κ3) is 4.79. The Kier molecular flexibility index (Phi) is 5.96. The van der Waals surface area contributed by atoms with Gasteiger partial charge in [0.15, 0.2) is 0 Å².